The van der Waals surface area contributed by atoms with Crippen LogP contribution in [0, 0.1) is 12.8 Å². The summed E-state index contributed by atoms with van der Waals surface area (Å²) in [6.07, 6.45) is 0. The maximum absolute atomic E-state index is 12.7. The number of hydrogen-bond acceptors (Lipinski definition) is 3. The molecular weight excluding hydrogens is 306 g/mol. The lowest BCUT2D eigenvalue weighted by atomic mass is 9.89. The van der Waals surface area contributed by atoms with E-state index < -0.39 is 11.9 Å². The highest BCUT2D eigenvalue weighted by atomic mass is 16.4. The number of carboxylic acids is 1. The number of hydrogen-bond donors (Lipinski definition) is 2. The van der Waals surface area contributed by atoms with E-state index in [1.165, 1.54) is 11.0 Å². The van der Waals surface area contributed by atoms with E-state index in [1.54, 1.807) is 12.1 Å². The molecule has 0 radical (unpaired) electrons. The largest absolute Gasteiger partial charge is 0.507 e. The average Bonchev–Trinajstić information content (AvgIpc) is 3.03. The molecule has 5 nitrogen and oxygen atoms in total. The minimum absolute atomic E-state index is 0.0827. The van der Waals surface area contributed by atoms with E-state index in [9.17, 15) is 19.8 Å². The molecule has 1 fully saturated rings. The van der Waals surface area contributed by atoms with Gasteiger partial charge in [-0.1, -0.05) is 42.0 Å². The number of phenols is 1. The van der Waals surface area contributed by atoms with Gasteiger partial charge in [0, 0.05) is 19.0 Å². The molecule has 1 saturated heterocycles. The highest BCUT2D eigenvalue weighted by Gasteiger charge is 2.41. The van der Waals surface area contributed by atoms with Crippen LogP contribution in [0.25, 0.3) is 0 Å². The number of carboxylic acid groups (broad SMARTS) is 1. The molecule has 1 aliphatic heterocycles. The number of aromatic hydroxyl groups is 1. The number of aryl methyl sites for hydroxylation is 1. The summed E-state index contributed by atoms with van der Waals surface area (Å²) in [6, 6.07) is 14.2. The Morgan fingerprint density at radius 2 is 1.79 bits per heavy atom. The summed E-state index contributed by atoms with van der Waals surface area (Å²) >= 11 is 0. The summed E-state index contributed by atoms with van der Waals surface area (Å²) in [5.74, 6) is -2.22. The van der Waals surface area contributed by atoms with Gasteiger partial charge in [-0.05, 0) is 24.6 Å². The van der Waals surface area contributed by atoms with Gasteiger partial charge in [0.2, 0.25) is 0 Å². The predicted octanol–water partition coefficient (Wildman–Crippen LogP) is 2.64. The number of aliphatic carboxylic acids is 1. The quantitative estimate of drug-likeness (QED) is 0.909. The Labute approximate surface area is 140 Å². The second-order valence-electron chi connectivity index (χ2n) is 6.19. The molecule has 124 valence electrons. The van der Waals surface area contributed by atoms with Gasteiger partial charge in [0.15, 0.2) is 0 Å². The van der Waals surface area contributed by atoms with E-state index >= 15 is 0 Å². The van der Waals surface area contributed by atoms with Gasteiger partial charge < -0.3 is 15.1 Å². The molecule has 0 aliphatic carbocycles. The Morgan fingerprint density at radius 3 is 2.46 bits per heavy atom. The minimum atomic E-state index is -0.910. The predicted molar refractivity (Wildman–Crippen MR) is 89.1 cm³/mol. The van der Waals surface area contributed by atoms with Gasteiger partial charge in [-0.3, -0.25) is 9.59 Å². The average molecular weight is 325 g/mol. The van der Waals surface area contributed by atoms with Crippen molar-refractivity contribution >= 4 is 11.9 Å². The molecule has 24 heavy (non-hydrogen) atoms. The van der Waals surface area contributed by atoms with Crippen molar-refractivity contribution in [3.8, 4) is 5.75 Å². The van der Waals surface area contributed by atoms with Crippen LogP contribution in [0.1, 0.15) is 27.4 Å². The third-order valence-electron chi connectivity index (χ3n) is 4.53. The summed E-state index contributed by atoms with van der Waals surface area (Å²) in [5, 5.41) is 19.5. The van der Waals surface area contributed by atoms with E-state index in [0.717, 1.165) is 11.1 Å². The van der Waals surface area contributed by atoms with Crippen molar-refractivity contribution in [3.05, 3.63) is 65.2 Å². The van der Waals surface area contributed by atoms with Crippen molar-refractivity contribution < 1.29 is 19.8 Å². The standard InChI is InChI=1S/C19H19NO4/c1-12-7-8-17(21)14(9-12)18(22)20-10-15(16(11-20)19(23)24)13-5-3-2-4-6-13/h2-9,15-16,21H,10-11H2,1H3,(H,23,24)/t15-,16+/m1/s1. The van der Waals surface area contributed by atoms with Crippen LogP contribution in [0.4, 0.5) is 0 Å². The van der Waals surface area contributed by atoms with E-state index in [1.807, 2.05) is 37.3 Å². The van der Waals surface area contributed by atoms with Crippen LogP contribution in [0.2, 0.25) is 0 Å². The molecule has 0 spiro atoms. The van der Waals surface area contributed by atoms with Crippen molar-refractivity contribution in [1.82, 2.24) is 4.90 Å². The Balaban J connectivity index is 1.89. The monoisotopic (exact) mass is 325 g/mol. The number of rotatable bonds is 3. The van der Waals surface area contributed by atoms with Gasteiger partial charge in [0.25, 0.3) is 5.91 Å². The molecule has 0 bridgehead atoms. The summed E-state index contributed by atoms with van der Waals surface area (Å²) < 4.78 is 0. The van der Waals surface area contributed by atoms with Crippen LogP contribution in [-0.2, 0) is 4.79 Å². The zero-order chi connectivity index (χ0) is 17.3. The molecule has 2 atom stereocenters. The van der Waals surface area contributed by atoms with Crippen molar-refractivity contribution in [3.63, 3.8) is 0 Å². The molecule has 1 heterocycles. The Morgan fingerprint density at radius 1 is 1.08 bits per heavy atom. The van der Waals surface area contributed by atoms with E-state index in [0.29, 0.717) is 6.54 Å². The van der Waals surface area contributed by atoms with Crippen LogP contribution >= 0.6 is 0 Å². The van der Waals surface area contributed by atoms with Gasteiger partial charge in [-0.2, -0.15) is 0 Å². The maximum atomic E-state index is 12.7. The molecule has 1 amide bonds. The summed E-state index contributed by atoms with van der Waals surface area (Å²) in [6.45, 7) is 2.31. The Hall–Kier alpha value is -2.82. The van der Waals surface area contributed by atoms with Crippen LogP contribution in [0.5, 0.6) is 5.75 Å². The van der Waals surface area contributed by atoms with Crippen LogP contribution in [0.3, 0.4) is 0 Å². The summed E-state index contributed by atoms with van der Waals surface area (Å²) in [7, 11) is 0. The molecule has 2 aromatic rings. The molecular formula is C19H19NO4. The summed E-state index contributed by atoms with van der Waals surface area (Å²) in [5.41, 5.74) is 1.99. The number of phenolic OH excluding ortho intramolecular Hbond substituents is 1. The highest BCUT2D eigenvalue weighted by Crippen LogP contribution is 2.34. The lowest BCUT2D eigenvalue weighted by molar-refractivity contribution is -0.141. The fraction of sp³-hybridized carbons (Fsp3) is 0.263. The van der Waals surface area contributed by atoms with E-state index in [4.69, 9.17) is 0 Å². The molecule has 1 aliphatic rings. The van der Waals surface area contributed by atoms with Gasteiger partial charge in [-0.25, -0.2) is 0 Å². The number of nitrogens with zero attached hydrogens (tertiary/aromatic N) is 1. The van der Waals surface area contributed by atoms with Gasteiger partial charge >= 0.3 is 5.97 Å². The van der Waals surface area contributed by atoms with Crippen LogP contribution in [0.15, 0.2) is 48.5 Å². The van der Waals surface area contributed by atoms with Gasteiger partial charge in [0.05, 0.1) is 11.5 Å². The van der Waals surface area contributed by atoms with Crippen molar-refractivity contribution in [2.24, 2.45) is 5.92 Å². The Kier molecular flexibility index (Phi) is 4.25. The SMILES string of the molecule is Cc1ccc(O)c(C(=O)N2C[C@H](C(=O)O)[C@@H](c3ccccc3)C2)c1. The van der Waals surface area contributed by atoms with E-state index in [2.05, 4.69) is 0 Å². The molecule has 0 aromatic heterocycles. The molecule has 2 N–H and O–H groups in total. The number of carbonyl (C=O) groups excluding carboxylic acids is 1. The van der Waals surface area contributed by atoms with Crippen LogP contribution in [-0.4, -0.2) is 40.1 Å². The molecule has 0 saturated carbocycles. The zero-order valence-electron chi connectivity index (χ0n) is 13.3. The molecule has 3 rings (SSSR count). The first-order valence-corrected chi connectivity index (χ1v) is 7.84. The van der Waals surface area contributed by atoms with Gasteiger partial charge in [0.1, 0.15) is 5.75 Å². The number of likely N-dealkylation sites (tertiary alicyclic amines) is 1. The topological polar surface area (TPSA) is 77.8 Å². The Bertz CT molecular complexity index is 772. The summed E-state index contributed by atoms with van der Waals surface area (Å²) in [4.78, 5) is 25.9. The molecule has 0 unspecified atom stereocenters. The second kappa shape index (κ2) is 6.35. The van der Waals surface area contributed by atoms with Crippen molar-refractivity contribution in [1.29, 1.82) is 0 Å². The third-order valence-corrected chi connectivity index (χ3v) is 4.53. The normalized spacial score (nSPS) is 20.1. The van der Waals surface area contributed by atoms with E-state index in [-0.39, 0.29) is 29.7 Å². The number of carbonyl (C=O) groups is 2. The molecule has 2 aromatic carbocycles. The maximum Gasteiger partial charge on any atom is 0.308 e. The van der Waals surface area contributed by atoms with Crippen LogP contribution < -0.4 is 0 Å². The lowest BCUT2D eigenvalue weighted by Gasteiger charge is -2.17. The number of amides is 1. The second-order valence-corrected chi connectivity index (χ2v) is 6.19. The first kappa shape index (κ1) is 16.1. The smallest absolute Gasteiger partial charge is 0.308 e. The third kappa shape index (κ3) is 2.97. The fourth-order valence-electron chi connectivity index (χ4n) is 3.25. The number of benzene rings is 2. The lowest BCUT2D eigenvalue weighted by Crippen LogP contribution is -2.30. The fourth-order valence-corrected chi connectivity index (χ4v) is 3.25. The zero-order valence-corrected chi connectivity index (χ0v) is 13.3. The first-order chi connectivity index (χ1) is 11.5. The van der Waals surface area contributed by atoms with Crippen molar-refractivity contribution in [2.45, 2.75) is 12.8 Å². The first-order valence-electron chi connectivity index (χ1n) is 7.84. The highest BCUT2D eigenvalue weighted by molar-refractivity contribution is 5.97. The van der Waals surface area contributed by atoms with Crippen molar-refractivity contribution in [2.75, 3.05) is 13.1 Å². The minimum Gasteiger partial charge on any atom is -0.507 e. The molecule has 5 heteroatoms. The van der Waals surface area contributed by atoms with Gasteiger partial charge in [-0.15, -0.1) is 0 Å².